The molecule has 30 heavy (non-hydrogen) atoms. The Bertz CT molecular complexity index is 1040. The van der Waals surface area contributed by atoms with Gasteiger partial charge in [0.15, 0.2) is 5.76 Å². The average Bonchev–Trinajstić information content (AvgIpc) is 3.22. The van der Waals surface area contributed by atoms with Crippen molar-refractivity contribution in [3.8, 4) is 11.3 Å². The molecule has 3 aromatic rings. The lowest BCUT2D eigenvalue weighted by atomic mass is 9.99. The van der Waals surface area contributed by atoms with Crippen molar-refractivity contribution in [3.63, 3.8) is 0 Å². The van der Waals surface area contributed by atoms with Crippen LogP contribution in [0.25, 0.3) is 11.3 Å². The number of benzene rings is 1. The summed E-state index contributed by atoms with van der Waals surface area (Å²) in [5.74, 6) is -0.795. The Balaban J connectivity index is 1.80. The molecule has 0 aliphatic carbocycles. The second-order valence-electron chi connectivity index (χ2n) is 6.53. The number of halogens is 5. The Morgan fingerprint density at radius 1 is 1.33 bits per heavy atom. The SMILES string of the molecule is Cn1ncc(Cl)c1-c1cc(C(=O)NC(CN)Cc2ccccc2C(F)(F)F)oc1Cl. The maximum atomic E-state index is 13.2. The van der Waals surface area contributed by atoms with E-state index in [1.165, 1.54) is 35.1 Å². The molecule has 0 bridgehead atoms. The second kappa shape index (κ2) is 8.71. The lowest BCUT2D eigenvalue weighted by Crippen LogP contribution is -2.42. The first-order valence-electron chi connectivity index (χ1n) is 8.75. The molecule has 2 aromatic heterocycles. The maximum Gasteiger partial charge on any atom is 0.416 e. The molecule has 1 atom stereocenters. The molecule has 0 radical (unpaired) electrons. The zero-order chi connectivity index (χ0) is 22.1. The number of aromatic nitrogens is 2. The van der Waals surface area contributed by atoms with Gasteiger partial charge in [0.2, 0.25) is 5.22 Å². The van der Waals surface area contributed by atoms with Gasteiger partial charge in [-0.1, -0.05) is 29.8 Å². The van der Waals surface area contributed by atoms with Crippen LogP contribution in [-0.4, -0.2) is 28.3 Å². The highest BCUT2D eigenvalue weighted by atomic mass is 35.5. The third-order valence-corrected chi connectivity index (χ3v) is 5.03. The van der Waals surface area contributed by atoms with Crippen molar-refractivity contribution < 1.29 is 22.4 Å². The fourth-order valence-electron chi connectivity index (χ4n) is 3.05. The minimum Gasteiger partial charge on any atom is -0.439 e. The highest BCUT2D eigenvalue weighted by molar-refractivity contribution is 6.35. The number of rotatable bonds is 6. The minimum atomic E-state index is -4.51. The van der Waals surface area contributed by atoms with Gasteiger partial charge in [0.25, 0.3) is 5.91 Å². The number of hydrogen-bond donors (Lipinski definition) is 2. The lowest BCUT2D eigenvalue weighted by molar-refractivity contribution is -0.138. The molecule has 0 aliphatic heterocycles. The van der Waals surface area contributed by atoms with E-state index >= 15 is 0 Å². The average molecular weight is 461 g/mol. The maximum absolute atomic E-state index is 13.2. The van der Waals surface area contributed by atoms with E-state index in [2.05, 4.69) is 10.4 Å². The van der Waals surface area contributed by atoms with E-state index in [0.717, 1.165) is 6.07 Å². The van der Waals surface area contributed by atoms with E-state index in [9.17, 15) is 18.0 Å². The summed E-state index contributed by atoms with van der Waals surface area (Å²) in [5.41, 5.74) is 5.75. The molecule has 6 nitrogen and oxygen atoms in total. The fraction of sp³-hybridized carbons (Fsp3) is 0.263. The predicted molar refractivity (Wildman–Crippen MR) is 106 cm³/mol. The summed E-state index contributed by atoms with van der Waals surface area (Å²) >= 11 is 12.2. The minimum absolute atomic E-state index is 0.0283. The van der Waals surface area contributed by atoms with E-state index < -0.39 is 23.7 Å². The second-order valence-corrected chi connectivity index (χ2v) is 7.28. The summed E-state index contributed by atoms with van der Waals surface area (Å²) < 4.78 is 46.4. The summed E-state index contributed by atoms with van der Waals surface area (Å²) in [5, 5.41) is 6.83. The van der Waals surface area contributed by atoms with Gasteiger partial charge in [0, 0.05) is 25.7 Å². The number of alkyl halides is 3. The molecule has 160 valence electrons. The highest BCUT2D eigenvalue weighted by Gasteiger charge is 2.33. The molecule has 1 aromatic carbocycles. The third-order valence-electron chi connectivity index (χ3n) is 4.47. The lowest BCUT2D eigenvalue weighted by Gasteiger charge is -2.19. The van der Waals surface area contributed by atoms with Crippen LogP contribution >= 0.6 is 23.2 Å². The summed E-state index contributed by atoms with van der Waals surface area (Å²) in [6.07, 6.45) is -3.19. The monoisotopic (exact) mass is 460 g/mol. The Hall–Kier alpha value is -2.49. The third kappa shape index (κ3) is 4.63. The van der Waals surface area contributed by atoms with Crippen LogP contribution in [0.1, 0.15) is 21.7 Å². The van der Waals surface area contributed by atoms with Crippen molar-refractivity contribution in [2.24, 2.45) is 12.8 Å². The Morgan fingerprint density at radius 3 is 2.63 bits per heavy atom. The van der Waals surface area contributed by atoms with Crippen LogP contribution in [0.15, 0.2) is 40.9 Å². The van der Waals surface area contributed by atoms with Gasteiger partial charge in [0.1, 0.15) is 0 Å². The zero-order valence-electron chi connectivity index (χ0n) is 15.6. The van der Waals surface area contributed by atoms with Crippen LogP contribution in [0.4, 0.5) is 13.2 Å². The Kier molecular flexibility index (Phi) is 6.44. The van der Waals surface area contributed by atoms with Crippen molar-refractivity contribution in [3.05, 3.63) is 63.7 Å². The Morgan fingerprint density at radius 2 is 2.03 bits per heavy atom. The standard InChI is InChI=1S/C19H17Cl2F3N4O2/c1-28-16(14(20)9-26-28)12-7-15(30-17(12)21)18(29)27-11(8-25)6-10-4-2-3-5-13(10)19(22,23)24/h2-5,7,9,11H,6,8,25H2,1H3,(H,27,29). The smallest absolute Gasteiger partial charge is 0.416 e. The van der Waals surface area contributed by atoms with Crippen LogP contribution in [0, 0.1) is 0 Å². The summed E-state index contributed by atoms with van der Waals surface area (Å²) in [4.78, 5) is 12.6. The number of furan rings is 1. The number of aryl methyl sites for hydroxylation is 1. The number of hydrogen-bond acceptors (Lipinski definition) is 4. The normalized spacial score (nSPS) is 12.8. The molecule has 3 rings (SSSR count). The van der Waals surface area contributed by atoms with E-state index in [1.807, 2.05) is 0 Å². The van der Waals surface area contributed by atoms with Crippen LogP contribution in [0.3, 0.4) is 0 Å². The quantitative estimate of drug-likeness (QED) is 0.573. The van der Waals surface area contributed by atoms with Gasteiger partial charge in [-0.3, -0.25) is 9.48 Å². The van der Waals surface area contributed by atoms with E-state index in [-0.39, 0.29) is 29.5 Å². The molecule has 2 heterocycles. The first-order valence-corrected chi connectivity index (χ1v) is 9.50. The first kappa shape index (κ1) is 22.2. The van der Waals surface area contributed by atoms with E-state index in [1.54, 1.807) is 7.05 Å². The van der Waals surface area contributed by atoms with Crippen LogP contribution in [-0.2, 0) is 19.6 Å². The fourth-order valence-corrected chi connectivity index (χ4v) is 3.54. The van der Waals surface area contributed by atoms with Gasteiger partial charge in [-0.25, -0.2) is 0 Å². The van der Waals surface area contributed by atoms with Gasteiger partial charge >= 0.3 is 6.18 Å². The summed E-state index contributed by atoms with van der Waals surface area (Å²) in [7, 11) is 1.65. The van der Waals surface area contributed by atoms with Gasteiger partial charge in [0.05, 0.1) is 28.0 Å². The van der Waals surface area contributed by atoms with Crippen molar-refractivity contribution in [2.45, 2.75) is 18.6 Å². The van der Waals surface area contributed by atoms with Crippen molar-refractivity contribution in [1.29, 1.82) is 0 Å². The number of carbonyl (C=O) groups excluding carboxylic acids is 1. The number of nitrogens with zero attached hydrogens (tertiary/aromatic N) is 2. The molecule has 1 unspecified atom stereocenters. The predicted octanol–water partition coefficient (Wildman–Crippen LogP) is 4.31. The Labute approximate surface area is 179 Å². The van der Waals surface area contributed by atoms with Crippen molar-refractivity contribution >= 4 is 29.1 Å². The number of nitrogens with one attached hydrogen (secondary N) is 1. The van der Waals surface area contributed by atoms with Gasteiger partial charge in [-0.15, -0.1) is 0 Å². The highest BCUT2D eigenvalue weighted by Crippen LogP contribution is 2.35. The van der Waals surface area contributed by atoms with Crippen LogP contribution < -0.4 is 11.1 Å². The number of amides is 1. The van der Waals surface area contributed by atoms with E-state index in [4.69, 9.17) is 33.4 Å². The molecule has 0 spiro atoms. The molecular formula is C19H17Cl2F3N4O2. The van der Waals surface area contributed by atoms with Gasteiger partial charge in [-0.2, -0.15) is 18.3 Å². The molecule has 11 heteroatoms. The zero-order valence-corrected chi connectivity index (χ0v) is 17.1. The number of carbonyl (C=O) groups is 1. The molecular weight excluding hydrogens is 444 g/mol. The van der Waals surface area contributed by atoms with Crippen molar-refractivity contribution in [1.82, 2.24) is 15.1 Å². The molecule has 0 saturated heterocycles. The van der Waals surface area contributed by atoms with E-state index in [0.29, 0.717) is 16.3 Å². The molecule has 0 saturated carbocycles. The van der Waals surface area contributed by atoms with Gasteiger partial charge in [-0.05, 0) is 29.7 Å². The molecule has 0 fully saturated rings. The first-order chi connectivity index (χ1) is 14.1. The topological polar surface area (TPSA) is 86.1 Å². The van der Waals surface area contributed by atoms with Gasteiger partial charge < -0.3 is 15.5 Å². The summed E-state index contributed by atoms with van der Waals surface area (Å²) in [6, 6.07) is 5.77. The van der Waals surface area contributed by atoms with Crippen molar-refractivity contribution in [2.75, 3.05) is 6.54 Å². The van der Waals surface area contributed by atoms with Crippen LogP contribution in [0.5, 0.6) is 0 Å². The summed E-state index contributed by atoms with van der Waals surface area (Å²) in [6.45, 7) is -0.0766. The van der Waals surface area contributed by atoms with Crippen LogP contribution in [0.2, 0.25) is 10.2 Å². The molecule has 3 N–H and O–H groups in total. The largest absolute Gasteiger partial charge is 0.439 e. The molecule has 1 amide bonds. The number of nitrogens with two attached hydrogens (primary N) is 1. The molecule has 0 aliphatic rings.